The monoisotopic (exact) mass is 265 g/mol. The van der Waals surface area contributed by atoms with Gasteiger partial charge >= 0.3 is 0 Å². The molecule has 1 heterocycles. The van der Waals surface area contributed by atoms with Gasteiger partial charge in [-0.25, -0.2) is 12.8 Å². The molecule has 0 spiro atoms. The fourth-order valence-corrected chi connectivity index (χ4v) is 3.05. The molecule has 0 aliphatic rings. The van der Waals surface area contributed by atoms with E-state index in [-0.39, 0.29) is 11.5 Å². The van der Waals surface area contributed by atoms with Crippen molar-refractivity contribution in [1.29, 1.82) is 0 Å². The van der Waals surface area contributed by atoms with Crippen molar-refractivity contribution in [1.82, 2.24) is 4.98 Å². The van der Waals surface area contributed by atoms with E-state index in [1.165, 1.54) is 18.2 Å². The van der Waals surface area contributed by atoms with Gasteiger partial charge in [0.05, 0.1) is 17.2 Å². The van der Waals surface area contributed by atoms with Crippen LogP contribution in [0.5, 0.6) is 0 Å². The van der Waals surface area contributed by atoms with Crippen LogP contribution in [0, 0.1) is 5.82 Å². The van der Waals surface area contributed by atoms with Gasteiger partial charge in [0.1, 0.15) is 5.82 Å². The lowest BCUT2D eigenvalue weighted by Crippen LogP contribution is -2.08. The van der Waals surface area contributed by atoms with Crippen LogP contribution in [-0.4, -0.2) is 13.4 Å². The third-order valence-electron chi connectivity index (χ3n) is 2.37. The number of hydrogen-bond donors (Lipinski definition) is 0. The van der Waals surface area contributed by atoms with Gasteiger partial charge in [0.15, 0.2) is 9.84 Å². The summed E-state index contributed by atoms with van der Waals surface area (Å²) in [5.74, 6) is -0.744. The predicted octanol–water partition coefficient (Wildman–Crippen LogP) is 2.34. The highest BCUT2D eigenvalue weighted by Crippen LogP contribution is 2.12. The molecule has 0 saturated heterocycles. The molecule has 2 aromatic rings. The van der Waals surface area contributed by atoms with Crippen LogP contribution in [0.1, 0.15) is 11.3 Å². The Morgan fingerprint density at radius 1 is 1.06 bits per heavy atom. The molecule has 3 nitrogen and oxygen atoms in total. The number of halogens is 1. The summed E-state index contributed by atoms with van der Waals surface area (Å²) in [6.07, 6.45) is 1.55. The number of benzene rings is 1. The fourth-order valence-electron chi connectivity index (χ4n) is 1.64. The molecule has 0 radical (unpaired) electrons. The third kappa shape index (κ3) is 3.63. The molecule has 0 amide bonds. The van der Waals surface area contributed by atoms with E-state index in [0.717, 1.165) is 0 Å². The number of sulfone groups is 1. The largest absolute Gasteiger partial charge is 0.260 e. The van der Waals surface area contributed by atoms with E-state index in [0.29, 0.717) is 11.3 Å². The second-order valence-electron chi connectivity index (χ2n) is 3.98. The van der Waals surface area contributed by atoms with Crippen molar-refractivity contribution in [2.75, 3.05) is 0 Å². The van der Waals surface area contributed by atoms with Crippen LogP contribution in [0.4, 0.5) is 4.39 Å². The van der Waals surface area contributed by atoms with Crippen LogP contribution < -0.4 is 0 Å². The molecule has 5 heteroatoms. The zero-order valence-corrected chi connectivity index (χ0v) is 10.4. The van der Waals surface area contributed by atoms with E-state index < -0.39 is 15.7 Å². The zero-order valence-electron chi connectivity index (χ0n) is 9.58. The van der Waals surface area contributed by atoms with Crippen LogP contribution in [0.25, 0.3) is 0 Å². The van der Waals surface area contributed by atoms with Gasteiger partial charge in [0, 0.05) is 6.20 Å². The van der Waals surface area contributed by atoms with Crippen LogP contribution in [-0.2, 0) is 21.3 Å². The van der Waals surface area contributed by atoms with E-state index in [2.05, 4.69) is 4.98 Å². The Morgan fingerprint density at radius 3 is 2.56 bits per heavy atom. The summed E-state index contributed by atoms with van der Waals surface area (Å²) < 4.78 is 36.8. The molecule has 0 saturated carbocycles. The Bertz CT molecular complexity index is 626. The highest BCUT2D eigenvalue weighted by molar-refractivity contribution is 7.89. The van der Waals surface area contributed by atoms with Crippen molar-refractivity contribution in [3.8, 4) is 0 Å². The molecule has 1 aromatic heterocycles. The maximum absolute atomic E-state index is 13.0. The minimum atomic E-state index is -3.33. The Morgan fingerprint density at radius 2 is 1.89 bits per heavy atom. The van der Waals surface area contributed by atoms with Crippen molar-refractivity contribution in [2.24, 2.45) is 0 Å². The molecule has 0 bridgehead atoms. The molecule has 0 fully saturated rings. The number of pyridine rings is 1. The summed E-state index contributed by atoms with van der Waals surface area (Å²) in [4.78, 5) is 3.97. The van der Waals surface area contributed by atoms with Crippen molar-refractivity contribution in [2.45, 2.75) is 11.5 Å². The first kappa shape index (κ1) is 12.7. The van der Waals surface area contributed by atoms with E-state index in [9.17, 15) is 12.8 Å². The first-order valence-corrected chi connectivity index (χ1v) is 7.22. The van der Waals surface area contributed by atoms with Gasteiger partial charge in [0.2, 0.25) is 0 Å². The fraction of sp³-hybridized carbons (Fsp3) is 0.154. The molecule has 0 atom stereocenters. The smallest absolute Gasteiger partial charge is 0.160 e. The summed E-state index contributed by atoms with van der Waals surface area (Å²) in [6, 6.07) is 10.7. The predicted molar refractivity (Wildman–Crippen MR) is 67.0 cm³/mol. The molecule has 18 heavy (non-hydrogen) atoms. The minimum absolute atomic E-state index is 0.135. The molecule has 2 rings (SSSR count). The number of nitrogens with zero attached hydrogens (tertiary/aromatic N) is 1. The van der Waals surface area contributed by atoms with Gasteiger partial charge in [-0.15, -0.1) is 0 Å². The van der Waals surface area contributed by atoms with E-state index in [4.69, 9.17) is 0 Å². The molecule has 0 N–H and O–H groups in total. The molecule has 0 unspecified atom stereocenters. The van der Waals surface area contributed by atoms with Gasteiger partial charge in [0.25, 0.3) is 0 Å². The first-order chi connectivity index (χ1) is 8.55. The molecule has 94 valence electrons. The second kappa shape index (κ2) is 5.27. The number of aromatic nitrogens is 1. The van der Waals surface area contributed by atoms with Gasteiger partial charge in [-0.3, -0.25) is 4.98 Å². The lowest BCUT2D eigenvalue weighted by atomic mass is 10.2. The average Bonchev–Trinajstić information content (AvgIpc) is 2.28. The Balaban J connectivity index is 2.13. The molecular formula is C13H12FNO2S. The lowest BCUT2D eigenvalue weighted by molar-refractivity contribution is 0.593. The molecular weight excluding hydrogens is 253 g/mol. The maximum atomic E-state index is 13.0. The maximum Gasteiger partial charge on any atom is 0.160 e. The van der Waals surface area contributed by atoms with Gasteiger partial charge in [-0.05, 0) is 29.8 Å². The van der Waals surface area contributed by atoms with Crippen molar-refractivity contribution in [3.05, 3.63) is 65.7 Å². The summed E-state index contributed by atoms with van der Waals surface area (Å²) in [7, 11) is -3.33. The van der Waals surface area contributed by atoms with E-state index >= 15 is 0 Å². The Labute approximate surface area is 105 Å². The SMILES string of the molecule is O=S(=O)(Cc1cccc(F)c1)Cc1ccccn1. The average molecular weight is 265 g/mol. The van der Waals surface area contributed by atoms with E-state index in [1.807, 2.05) is 0 Å². The van der Waals surface area contributed by atoms with Crippen LogP contribution >= 0.6 is 0 Å². The second-order valence-corrected chi connectivity index (χ2v) is 6.05. The Hall–Kier alpha value is -1.75. The first-order valence-electron chi connectivity index (χ1n) is 5.40. The zero-order chi connectivity index (χ0) is 13.0. The Kier molecular flexibility index (Phi) is 3.72. The number of hydrogen-bond acceptors (Lipinski definition) is 3. The topological polar surface area (TPSA) is 47.0 Å². The van der Waals surface area contributed by atoms with Gasteiger partial charge in [-0.2, -0.15) is 0 Å². The minimum Gasteiger partial charge on any atom is -0.260 e. The third-order valence-corrected chi connectivity index (χ3v) is 3.88. The summed E-state index contributed by atoms with van der Waals surface area (Å²) in [5, 5.41) is 0. The standard InChI is InChI=1S/C13H12FNO2S/c14-12-5-3-4-11(8-12)9-18(16,17)10-13-6-1-2-7-15-13/h1-8H,9-10H2. The lowest BCUT2D eigenvalue weighted by Gasteiger charge is -2.04. The quantitative estimate of drug-likeness (QED) is 0.852. The van der Waals surface area contributed by atoms with Crippen LogP contribution in [0.2, 0.25) is 0 Å². The van der Waals surface area contributed by atoms with Gasteiger partial charge < -0.3 is 0 Å². The van der Waals surface area contributed by atoms with Crippen molar-refractivity contribution in [3.63, 3.8) is 0 Å². The number of rotatable bonds is 4. The summed E-state index contributed by atoms with van der Waals surface area (Å²) in [6.45, 7) is 0. The summed E-state index contributed by atoms with van der Waals surface area (Å²) in [5.41, 5.74) is 0.944. The highest BCUT2D eigenvalue weighted by atomic mass is 32.2. The molecule has 0 aliphatic carbocycles. The van der Waals surface area contributed by atoms with Crippen molar-refractivity contribution >= 4 is 9.84 Å². The molecule has 1 aromatic carbocycles. The van der Waals surface area contributed by atoms with Crippen molar-refractivity contribution < 1.29 is 12.8 Å². The highest BCUT2D eigenvalue weighted by Gasteiger charge is 2.14. The molecule has 0 aliphatic heterocycles. The normalized spacial score (nSPS) is 11.4. The van der Waals surface area contributed by atoms with Crippen LogP contribution in [0.15, 0.2) is 48.7 Å². The van der Waals surface area contributed by atoms with Crippen LogP contribution in [0.3, 0.4) is 0 Å². The summed E-state index contributed by atoms with van der Waals surface area (Å²) >= 11 is 0. The van der Waals surface area contributed by atoms with Gasteiger partial charge in [-0.1, -0.05) is 18.2 Å². The van der Waals surface area contributed by atoms with E-state index in [1.54, 1.807) is 30.5 Å².